The number of hydrogen-bond donors (Lipinski definition) is 1. The van der Waals surface area contributed by atoms with E-state index >= 15 is 0 Å². The molecular formula is C20H18N6O3. The number of hydrogen-bond acceptors (Lipinski definition) is 8. The van der Waals surface area contributed by atoms with Crippen molar-refractivity contribution in [3.05, 3.63) is 71.1 Å². The maximum atomic E-state index is 11.3. The Morgan fingerprint density at radius 3 is 2.52 bits per heavy atom. The highest BCUT2D eigenvalue weighted by atomic mass is 16.6. The predicted molar refractivity (Wildman–Crippen MR) is 107 cm³/mol. The highest BCUT2D eigenvalue weighted by Gasteiger charge is 2.24. The van der Waals surface area contributed by atoms with Gasteiger partial charge in [0.1, 0.15) is 6.04 Å². The van der Waals surface area contributed by atoms with Crippen LogP contribution in [-0.2, 0) is 0 Å². The van der Waals surface area contributed by atoms with Crippen LogP contribution in [0.15, 0.2) is 59.6 Å². The van der Waals surface area contributed by atoms with Crippen molar-refractivity contribution in [2.75, 3.05) is 5.32 Å². The maximum Gasteiger partial charge on any atom is 0.278 e. The van der Waals surface area contributed by atoms with Crippen molar-refractivity contribution in [3.63, 3.8) is 0 Å². The molecule has 1 aromatic carbocycles. The SMILES string of the molecule is CC(C)C(Nc1ccc([N+](=O)[O-])c2cnccc12)c1nc(-c2ccncc2)no1. The average molecular weight is 390 g/mol. The number of rotatable bonds is 6. The number of pyridine rings is 2. The number of nitrogens with one attached hydrogen (secondary N) is 1. The van der Waals surface area contributed by atoms with Crippen LogP contribution in [0.5, 0.6) is 0 Å². The molecule has 0 saturated heterocycles. The Kier molecular flexibility index (Phi) is 4.86. The molecule has 3 heterocycles. The number of nitrogens with zero attached hydrogens (tertiary/aromatic N) is 5. The van der Waals surface area contributed by atoms with Crippen LogP contribution in [0.1, 0.15) is 25.8 Å². The van der Waals surface area contributed by atoms with Crippen LogP contribution in [0.3, 0.4) is 0 Å². The van der Waals surface area contributed by atoms with Crippen molar-refractivity contribution in [3.8, 4) is 11.4 Å². The molecule has 0 amide bonds. The summed E-state index contributed by atoms with van der Waals surface area (Å²) in [7, 11) is 0. The van der Waals surface area contributed by atoms with E-state index in [0.29, 0.717) is 22.5 Å². The van der Waals surface area contributed by atoms with Crippen LogP contribution in [0.25, 0.3) is 22.2 Å². The highest BCUT2D eigenvalue weighted by molar-refractivity contribution is 5.99. The van der Waals surface area contributed by atoms with E-state index in [4.69, 9.17) is 4.52 Å². The van der Waals surface area contributed by atoms with Gasteiger partial charge in [0, 0.05) is 47.5 Å². The molecule has 9 heteroatoms. The number of benzene rings is 1. The molecule has 1 N–H and O–H groups in total. The average Bonchev–Trinajstić information content (AvgIpc) is 3.22. The largest absolute Gasteiger partial charge is 0.373 e. The van der Waals surface area contributed by atoms with Crippen LogP contribution in [-0.4, -0.2) is 25.0 Å². The first-order chi connectivity index (χ1) is 14.0. The first-order valence-electron chi connectivity index (χ1n) is 9.06. The molecule has 1 atom stereocenters. The molecular weight excluding hydrogens is 372 g/mol. The van der Waals surface area contributed by atoms with Gasteiger partial charge in [-0.25, -0.2) is 0 Å². The van der Waals surface area contributed by atoms with E-state index < -0.39 is 4.92 Å². The lowest BCUT2D eigenvalue weighted by Crippen LogP contribution is -2.17. The minimum Gasteiger partial charge on any atom is -0.373 e. The molecule has 0 bridgehead atoms. The Hall–Kier alpha value is -3.88. The third kappa shape index (κ3) is 3.62. The summed E-state index contributed by atoms with van der Waals surface area (Å²) >= 11 is 0. The molecule has 0 aliphatic rings. The Balaban J connectivity index is 1.71. The molecule has 0 spiro atoms. The van der Waals surface area contributed by atoms with Crippen LogP contribution in [0.4, 0.5) is 11.4 Å². The van der Waals surface area contributed by atoms with Crippen molar-refractivity contribution < 1.29 is 9.45 Å². The van der Waals surface area contributed by atoms with Gasteiger partial charge in [-0.05, 0) is 30.2 Å². The highest BCUT2D eigenvalue weighted by Crippen LogP contribution is 2.34. The molecule has 0 radical (unpaired) electrons. The number of aromatic nitrogens is 4. The zero-order valence-corrected chi connectivity index (χ0v) is 15.8. The molecule has 3 aromatic heterocycles. The Morgan fingerprint density at radius 1 is 1.03 bits per heavy atom. The summed E-state index contributed by atoms with van der Waals surface area (Å²) in [6, 6.07) is 8.25. The van der Waals surface area contributed by atoms with Gasteiger partial charge >= 0.3 is 0 Å². The summed E-state index contributed by atoms with van der Waals surface area (Å²) in [5.74, 6) is 1.03. The summed E-state index contributed by atoms with van der Waals surface area (Å²) in [6.07, 6.45) is 6.44. The second-order valence-corrected chi connectivity index (χ2v) is 6.87. The Labute approximate surface area is 166 Å². The molecule has 0 aliphatic heterocycles. The van der Waals surface area contributed by atoms with E-state index in [-0.39, 0.29) is 17.6 Å². The van der Waals surface area contributed by atoms with Gasteiger partial charge in [0.15, 0.2) is 0 Å². The van der Waals surface area contributed by atoms with Gasteiger partial charge < -0.3 is 9.84 Å². The Morgan fingerprint density at radius 2 is 1.79 bits per heavy atom. The fourth-order valence-corrected chi connectivity index (χ4v) is 3.12. The third-order valence-electron chi connectivity index (χ3n) is 4.62. The standard InChI is InChI=1S/C20H18N6O3/c1-12(2)18(20-24-19(25-29-20)13-5-8-21-9-6-13)23-16-3-4-17(26(27)28)15-11-22-10-7-14(15)16/h3-12,18,23H,1-2H3. The fourth-order valence-electron chi connectivity index (χ4n) is 3.12. The zero-order chi connectivity index (χ0) is 20.4. The first-order valence-corrected chi connectivity index (χ1v) is 9.06. The molecule has 4 aromatic rings. The Bertz CT molecular complexity index is 1160. The second kappa shape index (κ2) is 7.63. The molecule has 0 fully saturated rings. The number of fused-ring (bicyclic) bond motifs is 1. The lowest BCUT2D eigenvalue weighted by atomic mass is 10.0. The number of non-ortho nitro benzene ring substituents is 1. The van der Waals surface area contributed by atoms with E-state index in [2.05, 4.69) is 25.4 Å². The fraction of sp³-hybridized carbons (Fsp3) is 0.200. The van der Waals surface area contributed by atoms with Gasteiger partial charge in [0.25, 0.3) is 5.69 Å². The summed E-state index contributed by atoms with van der Waals surface area (Å²) in [5.41, 5.74) is 1.55. The van der Waals surface area contributed by atoms with Crippen LogP contribution >= 0.6 is 0 Å². The molecule has 4 rings (SSSR count). The van der Waals surface area contributed by atoms with Crippen LogP contribution in [0.2, 0.25) is 0 Å². The van der Waals surface area contributed by atoms with Crippen molar-refractivity contribution in [2.24, 2.45) is 5.92 Å². The lowest BCUT2D eigenvalue weighted by Gasteiger charge is -2.21. The van der Waals surface area contributed by atoms with Gasteiger partial charge in [-0.3, -0.25) is 20.1 Å². The number of anilines is 1. The normalized spacial score (nSPS) is 12.2. The predicted octanol–water partition coefficient (Wildman–Crippen LogP) is 4.40. The summed E-state index contributed by atoms with van der Waals surface area (Å²) in [4.78, 5) is 23.5. The van der Waals surface area contributed by atoms with Crippen molar-refractivity contribution >= 4 is 22.1 Å². The van der Waals surface area contributed by atoms with Crippen molar-refractivity contribution in [1.82, 2.24) is 20.1 Å². The lowest BCUT2D eigenvalue weighted by molar-refractivity contribution is -0.383. The van der Waals surface area contributed by atoms with Crippen LogP contribution in [0, 0.1) is 16.0 Å². The maximum absolute atomic E-state index is 11.3. The van der Waals surface area contributed by atoms with E-state index in [9.17, 15) is 10.1 Å². The first kappa shape index (κ1) is 18.5. The summed E-state index contributed by atoms with van der Waals surface area (Å²) in [5, 5.41) is 20.0. The minimum atomic E-state index is -0.410. The summed E-state index contributed by atoms with van der Waals surface area (Å²) < 4.78 is 5.52. The topological polar surface area (TPSA) is 120 Å². The number of nitro groups is 1. The molecule has 1 unspecified atom stereocenters. The molecule has 29 heavy (non-hydrogen) atoms. The molecule has 0 saturated carbocycles. The zero-order valence-electron chi connectivity index (χ0n) is 15.8. The third-order valence-corrected chi connectivity index (χ3v) is 4.62. The van der Waals surface area contributed by atoms with E-state index in [0.717, 1.165) is 11.3 Å². The molecule has 146 valence electrons. The molecule has 9 nitrogen and oxygen atoms in total. The molecule has 0 aliphatic carbocycles. The van der Waals surface area contributed by atoms with Gasteiger partial charge in [0.2, 0.25) is 11.7 Å². The van der Waals surface area contributed by atoms with E-state index in [1.807, 2.05) is 26.0 Å². The van der Waals surface area contributed by atoms with Crippen molar-refractivity contribution in [1.29, 1.82) is 0 Å². The van der Waals surface area contributed by atoms with E-state index in [1.165, 1.54) is 12.3 Å². The van der Waals surface area contributed by atoms with Crippen molar-refractivity contribution in [2.45, 2.75) is 19.9 Å². The monoisotopic (exact) mass is 390 g/mol. The van der Waals surface area contributed by atoms with Crippen LogP contribution < -0.4 is 5.32 Å². The minimum absolute atomic E-state index is 0.0116. The summed E-state index contributed by atoms with van der Waals surface area (Å²) in [6.45, 7) is 4.06. The second-order valence-electron chi connectivity index (χ2n) is 6.87. The van der Waals surface area contributed by atoms with Gasteiger partial charge in [-0.2, -0.15) is 4.98 Å². The number of nitro benzene ring substituents is 1. The van der Waals surface area contributed by atoms with Gasteiger partial charge in [-0.15, -0.1) is 0 Å². The smallest absolute Gasteiger partial charge is 0.278 e. The van der Waals surface area contributed by atoms with E-state index in [1.54, 1.807) is 30.7 Å². The van der Waals surface area contributed by atoms with Gasteiger partial charge in [0.05, 0.1) is 10.3 Å². The van der Waals surface area contributed by atoms with Gasteiger partial charge in [-0.1, -0.05) is 19.0 Å². The quantitative estimate of drug-likeness (QED) is 0.380.